The summed E-state index contributed by atoms with van der Waals surface area (Å²) in [6.45, 7) is 12.0. The summed E-state index contributed by atoms with van der Waals surface area (Å²) in [4.78, 5) is 64.2. The molecule has 42 heavy (non-hydrogen) atoms. The van der Waals surface area contributed by atoms with Gasteiger partial charge in [0.05, 0.1) is 5.92 Å². The van der Waals surface area contributed by atoms with Crippen molar-refractivity contribution in [1.82, 2.24) is 0 Å². The monoisotopic (exact) mass is 594 g/mol. The van der Waals surface area contributed by atoms with Gasteiger partial charge in [-0.1, -0.05) is 19.9 Å². The van der Waals surface area contributed by atoms with Crippen molar-refractivity contribution >= 4 is 29.8 Å². The second-order valence-corrected chi connectivity index (χ2v) is 11.6. The van der Waals surface area contributed by atoms with Crippen LogP contribution in [0, 0.1) is 5.92 Å². The molecule has 2 fully saturated rings. The third-order valence-electron chi connectivity index (χ3n) is 8.48. The van der Waals surface area contributed by atoms with Crippen LogP contribution in [0.2, 0.25) is 0 Å². The number of hydrogen-bond donors (Lipinski definition) is 2. The van der Waals surface area contributed by atoms with Gasteiger partial charge in [-0.3, -0.25) is 14.4 Å². The molecule has 0 unspecified atom stereocenters. The van der Waals surface area contributed by atoms with Crippen molar-refractivity contribution in [3.8, 4) is 0 Å². The average Bonchev–Trinajstić information content (AvgIpc) is 3.22. The van der Waals surface area contributed by atoms with Gasteiger partial charge in [-0.25, -0.2) is 9.59 Å². The standard InChI is InChI=1S/C30H42O12/c1-9-12-19(32)38-18-14-28(7,42-17(6)31)22-21(25-30(18,37)29(8,36)27(35)41-25)16(5)23(40-26(34)15(4)11-3)24(22)39-20(33)13-10-2/h11,18,22-25,36-37H,9-10,12-14H2,1-8H3/b15-11-/t18-,22+,23-,24-,25-,28-,29+,30+/m0/s1. The van der Waals surface area contributed by atoms with Gasteiger partial charge in [0.25, 0.3) is 0 Å². The van der Waals surface area contributed by atoms with Crippen LogP contribution in [0.1, 0.15) is 87.5 Å². The molecule has 12 heteroatoms. The summed E-state index contributed by atoms with van der Waals surface area (Å²) in [5.74, 6) is -5.09. The zero-order chi connectivity index (χ0) is 31.8. The number of fused-ring (bicyclic) bond motifs is 3. The molecule has 0 aromatic heterocycles. The summed E-state index contributed by atoms with van der Waals surface area (Å²) in [5, 5.41) is 23.7. The molecule has 12 nitrogen and oxygen atoms in total. The van der Waals surface area contributed by atoms with Gasteiger partial charge in [0.1, 0.15) is 11.7 Å². The predicted molar refractivity (Wildman–Crippen MR) is 145 cm³/mol. The predicted octanol–water partition coefficient (Wildman–Crippen LogP) is 2.37. The number of allylic oxidation sites excluding steroid dienone is 1. The van der Waals surface area contributed by atoms with E-state index in [1.54, 1.807) is 40.7 Å². The van der Waals surface area contributed by atoms with Gasteiger partial charge in [-0.2, -0.15) is 0 Å². The Morgan fingerprint density at radius 3 is 2.10 bits per heavy atom. The van der Waals surface area contributed by atoms with Crippen LogP contribution in [-0.2, 0) is 47.7 Å². The maximum atomic E-state index is 13.0. The van der Waals surface area contributed by atoms with Crippen molar-refractivity contribution in [3.63, 3.8) is 0 Å². The SMILES string of the molecule is C/C=C(/C)C(=O)O[C@H]1C(C)=C2[C@H]([C@@H]1OC(=O)CCC)[C@@](C)(OC(C)=O)C[C@H](OC(=O)CCC)[C@@]1(O)[C@H]2OC(=O)[C@@]1(C)O. The van der Waals surface area contributed by atoms with Crippen LogP contribution in [-0.4, -0.2) is 81.3 Å². The van der Waals surface area contributed by atoms with E-state index in [1.807, 2.05) is 0 Å². The summed E-state index contributed by atoms with van der Waals surface area (Å²) in [5.41, 5.74) is -6.13. The Labute approximate surface area is 245 Å². The van der Waals surface area contributed by atoms with E-state index < -0.39 is 83.4 Å². The molecule has 0 spiro atoms. The van der Waals surface area contributed by atoms with Gasteiger partial charge in [0.2, 0.25) is 0 Å². The molecule has 0 aromatic rings. The third kappa shape index (κ3) is 5.58. The highest BCUT2D eigenvalue weighted by molar-refractivity contribution is 5.88. The van der Waals surface area contributed by atoms with Crippen LogP contribution in [0.25, 0.3) is 0 Å². The first-order valence-electron chi connectivity index (χ1n) is 14.3. The van der Waals surface area contributed by atoms with E-state index in [1.165, 1.54) is 6.92 Å². The summed E-state index contributed by atoms with van der Waals surface area (Å²) >= 11 is 0. The van der Waals surface area contributed by atoms with Crippen LogP contribution in [0.15, 0.2) is 22.8 Å². The second kappa shape index (κ2) is 12.2. The fourth-order valence-electron chi connectivity index (χ4n) is 6.23. The van der Waals surface area contributed by atoms with Crippen molar-refractivity contribution in [2.75, 3.05) is 0 Å². The van der Waals surface area contributed by atoms with Crippen molar-refractivity contribution in [1.29, 1.82) is 0 Å². The molecule has 2 aliphatic carbocycles. The van der Waals surface area contributed by atoms with E-state index in [9.17, 15) is 34.2 Å². The fraction of sp³-hybridized carbons (Fsp3) is 0.700. The Hall–Kier alpha value is -3.25. The van der Waals surface area contributed by atoms with Crippen molar-refractivity contribution in [3.05, 3.63) is 22.8 Å². The largest absolute Gasteiger partial charge is 0.459 e. The molecule has 3 rings (SSSR count). The molecule has 2 N–H and O–H groups in total. The van der Waals surface area contributed by atoms with E-state index >= 15 is 0 Å². The number of carbonyl (C=O) groups is 5. The Morgan fingerprint density at radius 1 is 1.00 bits per heavy atom. The van der Waals surface area contributed by atoms with Gasteiger partial charge < -0.3 is 33.9 Å². The minimum absolute atomic E-state index is 0.0246. The van der Waals surface area contributed by atoms with E-state index in [0.29, 0.717) is 12.8 Å². The molecular formula is C30H42O12. The first-order chi connectivity index (χ1) is 19.5. The molecule has 1 heterocycles. The molecule has 234 valence electrons. The molecule has 0 aromatic carbocycles. The molecule has 1 saturated heterocycles. The van der Waals surface area contributed by atoms with Crippen LogP contribution in [0.5, 0.6) is 0 Å². The Kier molecular flexibility index (Phi) is 9.63. The zero-order valence-electron chi connectivity index (χ0n) is 25.5. The maximum absolute atomic E-state index is 13.0. The minimum Gasteiger partial charge on any atom is -0.459 e. The highest BCUT2D eigenvalue weighted by atomic mass is 16.6. The third-order valence-corrected chi connectivity index (χ3v) is 8.48. The van der Waals surface area contributed by atoms with E-state index in [0.717, 1.165) is 13.8 Å². The number of carbonyl (C=O) groups excluding carboxylic acids is 5. The topological polar surface area (TPSA) is 172 Å². The quantitative estimate of drug-likeness (QED) is 0.173. The first-order valence-corrected chi connectivity index (χ1v) is 14.3. The second-order valence-electron chi connectivity index (χ2n) is 11.6. The van der Waals surface area contributed by atoms with E-state index in [4.69, 9.17) is 23.7 Å². The van der Waals surface area contributed by atoms with Gasteiger partial charge in [0.15, 0.2) is 29.5 Å². The summed E-state index contributed by atoms with van der Waals surface area (Å²) in [7, 11) is 0. The summed E-state index contributed by atoms with van der Waals surface area (Å²) in [6.07, 6.45) is -3.74. The Morgan fingerprint density at radius 2 is 1.57 bits per heavy atom. The van der Waals surface area contributed by atoms with Gasteiger partial charge in [0, 0.05) is 31.8 Å². The Bertz CT molecular complexity index is 1200. The summed E-state index contributed by atoms with van der Waals surface area (Å²) in [6, 6.07) is 0. The normalized spacial score (nSPS) is 35.9. The highest BCUT2D eigenvalue weighted by Gasteiger charge is 2.76. The lowest BCUT2D eigenvalue weighted by Crippen LogP contribution is -2.64. The lowest BCUT2D eigenvalue weighted by atomic mass is 9.75. The smallest absolute Gasteiger partial charge is 0.341 e. The molecule has 0 bridgehead atoms. The molecule has 0 amide bonds. The first kappa shape index (κ1) is 33.3. The van der Waals surface area contributed by atoms with Crippen LogP contribution in [0.3, 0.4) is 0 Å². The molecule has 1 saturated carbocycles. The number of ether oxygens (including phenoxy) is 5. The van der Waals surface area contributed by atoms with E-state index in [2.05, 4.69) is 0 Å². The van der Waals surface area contributed by atoms with Crippen molar-refractivity contribution < 1.29 is 57.9 Å². The number of esters is 5. The molecule has 1 aliphatic heterocycles. The lowest BCUT2D eigenvalue weighted by Gasteiger charge is -2.41. The molecular weight excluding hydrogens is 552 g/mol. The number of hydrogen-bond acceptors (Lipinski definition) is 12. The fourth-order valence-corrected chi connectivity index (χ4v) is 6.23. The number of aliphatic hydroxyl groups is 2. The highest BCUT2D eigenvalue weighted by Crippen LogP contribution is 2.57. The van der Waals surface area contributed by atoms with Gasteiger partial charge >= 0.3 is 29.8 Å². The Balaban J connectivity index is 2.33. The van der Waals surface area contributed by atoms with E-state index in [-0.39, 0.29) is 29.6 Å². The van der Waals surface area contributed by atoms with Crippen LogP contribution < -0.4 is 0 Å². The lowest BCUT2D eigenvalue weighted by molar-refractivity contribution is -0.212. The van der Waals surface area contributed by atoms with Crippen LogP contribution in [0.4, 0.5) is 0 Å². The maximum Gasteiger partial charge on any atom is 0.341 e. The van der Waals surface area contributed by atoms with Gasteiger partial charge in [-0.05, 0) is 58.6 Å². The summed E-state index contributed by atoms with van der Waals surface area (Å²) < 4.78 is 28.9. The van der Waals surface area contributed by atoms with Crippen molar-refractivity contribution in [2.24, 2.45) is 5.92 Å². The van der Waals surface area contributed by atoms with Crippen LogP contribution >= 0.6 is 0 Å². The molecule has 0 radical (unpaired) electrons. The number of rotatable bonds is 9. The van der Waals surface area contributed by atoms with Crippen molar-refractivity contribution in [2.45, 2.75) is 129 Å². The van der Waals surface area contributed by atoms with Gasteiger partial charge in [-0.15, -0.1) is 0 Å². The zero-order valence-corrected chi connectivity index (χ0v) is 25.5. The molecule has 3 aliphatic rings. The average molecular weight is 595 g/mol. The minimum atomic E-state index is -2.57. The molecule has 8 atom stereocenters.